The Morgan fingerprint density at radius 1 is 1.06 bits per heavy atom. The van der Waals surface area contributed by atoms with Crippen molar-refractivity contribution in [2.24, 2.45) is 0 Å². The lowest BCUT2D eigenvalue weighted by molar-refractivity contribution is -0.132. The first-order chi connectivity index (χ1) is 15.0. The second-order valence-electron chi connectivity index (χ2n) is 7.22. The zero-order valence-electron chi connectivity index (χ0n) is 16.7. The molecule has 1 aliphatic heterocycles. The highest BCUT2D eigenvalue weighted by Gasteiger charge is 2.22. The number of nitrogens with zero attached hydrogens (tertiary/aromatic N) is 4. The number of hydrogen-bond acceptors (Lipinski definition) is 6. The summed E-state index contributed by atoms with van der Waals surface area (Å²) < 4.78 is 26.2. The van der Waals surface area contributed by atoms with Crippen LogP contribution < -0.4 is 10.2 Å². The van der Waals surface area contributed by atoms with E-state index in [4.69, 9.17) is 0 Å². The molecule has 2 aromatic heterocycles. The first kappa shape index (κ1) is 21.1. The molecule has 2 amide bonds. The van der Waals surface area contributed by atoms with E-state index in [-0.39, 0.29) is 24.4 Å². The molecule has 0 unspecified atom stereocenters. The number of thiazole rings is 1. The molecule has 0 atom stereocenters. The molecule has 7 nitrogen and oxygen atoms in total. The fourth-order valence-corrected chi connectivity index (χ4v) is 4.39. The van der Waals surface area contributed by atoms with Crippen molar-refractivity contribution < 1.29 is 18.4 Å². The Morgan fingerprint density at radius 3 is 2.74 bits per heavy atom. The van der Waals surface area contributed by atoms with Crippen molar-refractivity contribution in [3.63, 3.8) is 0 Å². The SMILES string of the molecule is O=C(CCC(=O)N1CCCN(c2nc3cccnc3s2)CC1)Nc1ccc(F)c(F)c1. The van der Waals surface area contributed by atoms with Crippen molar-refractivity contribution in [1.82, 2.24) is 14.9 Å². The van der Waals surface area contributed by atoms with Crippen molar-refractivity contribution in [3.8, 4) is 0 Å². The summed E-state index contributed by atoms with van der Waals surface area (Å²) in [7, 11) is 0. The number of benzene rings is 1. The number of rotatable bonds is 5. The van der Waals surface area contributed by atoms with E-state index in [1.807, 2.05) is 12.1 Å². The molecule has 1 aliphatic rings. The van der Waals surface area contributed by atoms with Crippen LogP contribution in [0, 0.1) is 11.6 Å². The number of aromatic nitrogens is 2. The number of hydrogen-bond donors (Lipinski definition) is 1. The lowest BCUT2D eigenvalue weighted by Crippen LogP contribution is -2.35. The zero-order chi connectivity index (χ0) is 21.8. The van der Waals surface area contributed by atoms with Crippen molar-refractivity contribution in [3.05, 3.63) is 48.2 Å². The van der Waals surface area contributed by atoms with Gasteiger partial charge >= 0.3 is 0 Å². The maximum Gasteiger partial charge on any atom is 0.224 e. The molecule has 0 saturated carbocycles. The van der Waals surface area contributed by atoms with Gasteiger partial charge < -0.3 is 15.1 Å². The van der Waals surface area contributed by atoms with Gasteiger partial charge in [0, 0.05) is 57.0 Å². The maximum atomic E-state index is 13.2. The molecule has 0 bridgehead atoms. The molecule has 3 aromatic rings. The quantitative estimate of drug-likeness (QED) is 0.651. The van der Waals surface area contributed by atoms with Gasteiger partial charge in [0.05, 0.1) is 0 Å². The highest BCUT2D eigenvalue weighted by atomic mass is 32.1. The van der Waals surface area contributed by atoms with Gasteiger partial charge in [-0.15, -0.1) is 0 Å². The number of halogens is 2. The number of pyridine rings is 1. The summed E-state index contributed by atoms with van der Waals surface area (Å²) in [6.45, 7) is 2.61. The van der Waals surface area contributed by atoms with Crippen molar-refractivity contribution in [2.45, 2.75) is 19.3 Å². The van der Waals surface area contributed by atoms with Crippen molar-refractivity contribution in [2.75, 3.05) is 36.4 Å². The van der Waals surface area contributed by atoms with E-state index in [1.54, 1.807) is 11.1 Å². The van der Waals surface area contributed by atoms with Crippen molar-refractivity contribution >= 4 is 44.3 Å². The van der Waals surface area contributed by atoms with Gasteiger partial charge in [-0.25, -0.2) is 18.7 Å². The number of nitrogens with one attached hydrogen (secondary N) is 1. The maximum absolute atomic E-state index is 13.2. The third-order valence-electron chi connectivity index (χ3n) is 5.04. The molecule has 1 aromatic carbocycles. The van der Waals surface area contributed by atoms with Crippen LogP contribution in [0.2, 0.25) is 0 Å². The van der Waals surface area contributed by atoms with Crippen LogP contribution >= 0.6 is 11.3 Å². The van der Waals surface area contributed by atoms with Crippen LogP contribution in [0.1, 0.15) is 19.3 Å². The minimum atomic E-state index is -1.04. The first-order valence-electron chi connectivity index (χ1n) is 9.99. The Kier molecular flexibility index (Phi) is 6.36. The zero-order valence-corrected chi connectivity index (χ0v) is 17.5. The van der Waals surface area contributed by atoms with E-state index in [0.717, 1.165) is 40.6 Å². The van der Waals surface area contributed by atoms with Gasteiger partial charge in [-0.1, -0.05) is 11.3 Å². The summed E-state index contributed by atoms with van der Waals surface area (Å²) in [5.41, 5.74) is 1.03. The van der Waals surface area contributed by atoms with E-state index in [1.165, 1.54) is 17.4 Å². The summed E-state index contributed by atoms with van der Waals surface area (Å²) in [4.78, 5) is 38.4. The van der Waals surface area contributed by atoms with Gasteiger partial charge in [-0.3, -0.25) is 9.59 Å². The molecule has 31 heavy (non-hydrogen) atoms. The number of carbonyl (C=O) groups excluding carboxylic acids is 2. The van der Waals surface area contributed by atoms with Crippen LogP contribution in [0.15, 0.2) is 36.5 Å². The van der Waals surface area contributed by atoms with E-state index < -0.39 is 17.5 Å². The van der Waals surface area contributed by atoms with Crippen LogP contribution in [0.5, 0.6) is 0 Å². The molecule has 1 saturated heterocycles. The fraction of sp³-hybridized carbons (Fsp3) is 0.333. The molecular formula is C21H21F2N5O2S. The third kappa shape index (κ3) is 5.13. The molecule has 4 rings (SSSR count). The number of anilines is 2. The molecule has 0 aliphatic carbocycles. The standard InChI is InChI=1S/C21H21F2N5O2S/c22-15-5-4-14(13-16(15)23)25-18(29)6-7-19(30)27-9-2-10-28(12-11-27)21-26-17-3-1-8-24-20(17)31-21/h1,3-5,8,13H,2,6-7,9-12H2,(H,25,29). The predicted molar refractivity (Wildman–Crippen MR) is 115 cm³/mol. The second kappa shape index (κ2) is 9.34. The third-order valence-corrected chi connectivity index (χ3v) is 6.08. The van der Waals surface area contributed by atoms with Crippen LogP contribution in [0.3, 0.4) is 0 Å². The molecule has 1 N–H and O–H groups in total. The van der Waals surface area contributed by atoms with Crippen LogP contribution in [-0.4, -0.2) is 52.9 Å². The minimum absolute atomic E-state index is 0.0262. The van der Waals surface area contributed by atoms with Gasteiger partial charge in [-0.2, -0.15) is 0 Å². The Bertz CT molecular complexity index is 1070. The Hall–Kier alpha value is -3.14. The summed E-state index contributed by atoms with van der Waals surface area (Å²) in [6, 6.07) is 6.93. The fourth-order valence-electron chi connectivity index (χ4n) is 3.43. The monoisotopic (exact) mass is 445 g/mol. The molecule has 0 spiro atoms. The molecular weight excluding hydrogens is 424 g/mol. The number of amides is 2. The highest BCUT2D eigenvalue weighted by Crippen LogP contribution is 2.27. The molecule has 1 fully saturated rings. The van der Waals surface area contributed by atoms with Crippen LogP contribution in [-0.2, 0) is 9.59 Å². The van der Waals surface area contributed by atoms with Gasteiger partial charge in [0.15, 0.2) is 16.8 Å². The van der Waals surface area contributed by atoms with Gasteiger partial charge in [0.2, 0.25) is 11.8 Å². The van der Waals surface area contributed by atoms with E-state index >= 15 is 0 Å². The van der Waals surface area contributed by atoms with Crippen LogP contribution in [0.25, 0.3) is 10.3 Å². The lowest BCUT2D eigenvalue weighted by atomic mass is 10.2. The topological polar surface area (TPSA) is 78.4 Å². The predicted octanol–water partition coefficient (Wildman–Crippen LogP) is 3.43. The number of fused-ring (bicyclic) bond motifs is 1. The minimum Gasteiger partial charge on any atom is -0.346 e. The normalized spacial score (nSPS) is 14.5. The molecule has 162 valence electrons. The summed E-state index contributed by atoms with van der Waals surface area (Å²) in [5.74, 6) is -2.54. The smallest absolute Gasteiger partial charge is 0.224 e. The largest absolute Gasteiger partial charge is 0.346 e. The summed E-state index contributed by atoms with van der Waals surface area (Å²) in [6.07, 6.45) is 2.58. The van der Waals surface area contributed by atoms with Gasteiger partial charge in [0.25, 0.3) is 0 Å². The van der Waals surface area contributed by atoms with E-state index in [9.17, 15) is 18.4 Å². The van der Waals surface area contributed by atoms with Gasteiger partial charge in [0.1, 0.15) is 10.3 Å². The number of carbonyl (C=O) groups is 2. The average Bonchev–Trinajstić information content (AvgIpc) is 3.04. The lowest BCUT2D eigenvalue weighted by Gasteiger charge is -2.21. The summed E-state index contributed by atoms with van der Waals surface area (Å²) >= 11 is 1.54. The molecule has 3 heterocycles. The average molecular weight is 445 g/mol. The van der Waals surface area contributed by atoms with Crippen LogP contribution in [0.4, 0.5) is 19.6 Å². The highest BCUT2D eigenvalue weighted by molar-refractivity contribution is 7.21. The summed E-state index contributed by atoms with van der Waals surface area (Å²) in [5, 5.41) is 3.38. The first-order valence-corrected chi connectivity index (χ1v) is 10.8. The second-order valence-corrected chi connectivity index (χ2v) is 8.18. The Morgan fingerprint density at radius 2 is 1.94 bits per heavy atom. The van der Waals surface area contributed by atoms with E-state index in [0.29, 0.717) is 19.6 Å². The molecule has 10 heteroatoms. The molecule has 0 radical (unpaired) electrons. The van der Waals surface area contributed by atoms with Gasteiger partial charge in [-0.05, 0) is 30.7 Å². The Balaban J connectivity index is 1.28. The Labute approximate surface area is 181 Å². The van der Waals surface area contributed by atoms with E-state index in [2.05, 4.69) is 20.2 Å². The van der Waals surface area contributed by atoms with Crippen molar-refractivity contribution in [1.29, 1.82) is 0 Å².